The lowest BCUT2D eigenvalue weighted by Crippen LogP contribution is -2.51. The van der Waals surface area contributed by atoms with E-state index in [2.05, 4.69) is 10.3 Å². The summed E-state index contributed by atoms with van der Waals surface area (Å²) < 4.78 is 5.61. The minimum atomic E-state index is -0.947. The molecule has 1 rings (SSSR count). The molecule has 1 aromatic rings. The molecule has 0 aliphatic carbocycles. The number of ether oxygens (including phenoxy) is 1. The molecule has 1 amide bonds. The highest BCUT2D eigenvalue weighted by molar-refractivity contribution is 5.95. The SMILES string of the molecule is CCC(C)Oc1cc(C(=O)NC(C)(CC(=O)O)C(C)C)ccn1. The molecule has 0 bridgehead atoms. The van der Waals surface area contributed by atoms with Crippen molar-refractivity contribution >= 4 is 11.9 Å². The van der Waals surface area contributed by atoms with Crippen molar-refractivity contribution in [2.24, 2.45) is 5.92 Å². The molecule has 6 nitrogen and oxygen atoms in total. The molecule has 2 atom stereocenters. The van der Waals surface area contributed by atoms with Gasteiger partial charge < -0.3 is 15.2 Å². The molecule has 2 N–H and O–H groups in total. The number of carboxylic acid groups (broad SMARTS) is 1. The van der Waals surface area contributed by atoms with Gasteiger partial charge >= 0.3 is 5.97 Å². The average molecular weight is 322 g/mol. The summed E-state index contributed by atoms with van der Waals surface area (Å²) >= 11 is 0. The van der Waals surface area contributed by atoms with Crippen LogP contribution in [0.15, 0.2) is 18.3 Å². The van der Waals surface area contributed by atoms with E-state index in [4.69, 9.17) is 9.84 Å². The van der Waals surface area contributed by atoms with Crippen LogP contribution in [0.25, 0.3) is 0 Å². The first kappa shape index (κ1) is 18.9. The molecule has 128 valence electrons. The topological polar surface area (TPSA) is 88.5 Å². The zero-order chi connectivity index (χ0) is 17.6. The van der Waals surface area contributed by atoms with Crippen molar-refractivity contribution < 1.29 is 19.4 Å². The van der Waals surface area contributed by atoms with Crippen molar-refractivity contribution in [1.29, 1.82) is 0 Å². The lowest BCUT2D eigenvalue weighted by molar-refractivity contribution is -0.138. The largest absolute Gasteiger partial charge is 0.481 e. The average Bonchev–Trinajstić information content (AvgIpc) is 2.46. The maximum atomic E-state index is 12.5. The number of carbonyl (C=O) groups is 2. The summed E-state index contributed by atoms with van der Waals surface area (Å²) in [6.07, 6.45) is 2.21. The Hall–Kier alpha value is -2.11. The van der Waals surface area contributed by atoms with E-state index >= 15 is 0 Å². The number of aromatic nitrogens is 1. The van der Waals surface area contributed by atoms with Crippen LogP contribution in [0.1, 0.15) is 57.8 Å². The van der Waals surface area contributed by atoms with Crippen LogP contribution >= 0.6 is 0 Å². The van der Waals surface area contributed by atoms with Crippen molar-refractivity contribution in [3.63, 3.8) is 0 Å². The fourth-order valence-corrected chi connectivity index (χ4v) is 1.94. The number of carboxylic acids is 1. The van der Waals surface area contributed by atoms with Crippen molar-refractivity contribution in [1.82, 2.24) is 10.3 Å². The predicted octanol–water partition coefficient (Wildman–Crippen LogP) is 2.88. The van der Waals surface area contributed by atoms with Crippen LogP contribution in [-0.4, -0.2) is 33.6 Å². The minimum Gasteiger partial charge on any atom is -0.481 e. The number of hydrogen-bond acceptors (Lipinski definition) is 4. The molecule has 2 unspecified atom stereocenters. The maximum absolute atomic E-state index is 12.5. The number of aliphatic carboxylic acids is 1. The molecule has 1 heterocycles. The highest BCUT2D eigenvalue weighted by atomic mass is 16.5. The predicted molar refractivity (Wildman–Crippen MR) is 87.6 cm³/mol. The van der Waals surface area contributed by atoms with Gasteiger partial charge in [0.15, 0.2) is 0 Å². The molecular weight excluding hydrogens is 296 g/mol. The molecule has 0 fully saturated rings. The molecule has 0 spiro atoms. The third kappa shape index (κ3) is 5.54. The summed E-state index contributed by atoms with van der Waals surface area (Å²) in [6.45, 7) is 9.43. The lowest BCUT2D eigenvalue weighted by Gasteiger charge is -2.33. The van der Waals surface area contributed by atoms with E-state index in [1.807, 2.05) is 27.7 Å². The Balaban J connectivity index is 2.91. The van der Waals surface area contributed by atoms with Gasteiger partial charge in [-0.25, -0.2) is 4.98 Å². The Morgan fingerprint density at radius 1 is 1.39 bits per heavy atom. The Morgan fingerprint density at radius 3 is 2.57 bits per heavy atom. The number of nitrogens with zero attached hydrogens (tertiary/aromatic N) is 1. The Bertz CT molecular complexity index is 559. The molecule has 1 aromatic heterocycles. The fourth-order valence-electron chi connectivity index (χ4n) is 1.94. The highest BCUT2D eigenvalue weighted by Gasteiger charge is 2.33. The second-order valence-electron chi connectivity index (χ2n) is 6.32. The summed E-state index contributed by atoms with van der Waals surface area (Å²) in [5.41, 5.74) is -0.431. The molecular formula is C17H26N2O4. The van der Waals surface area contributed by atoms with E-state index in [0.29, 0.717) is 11.4 Å². The minimum absolute atomic E-state index is 0.00810. The standard InChI is InChI=1S/C17H26N2O4/c1-6-12(4)23-14-9-13(7-8-18-14)16(22)19-17(5,11(2)3)10-15(20)21/h7-9,11-12H,6,10H2,1-5H3,(H,19,22)(H,20,21). The highest BCUT2D eigenvalue weighted by Crippen LogP contribution is 2.22. The Kier molecular flexibility index (Phi) is 6.54. The smallest absolute Gasteiger partial charge is 0.305 e. The Labute approximate surface area is 137 Å². The molecule has 0 saturated heterocycles. The quantitative estimate of drug-likeness (QED) is 0.768. The lowest BCUT2D eigenvalue weighted by atomic mass is 9.85. The van der Waals surface area contributed by atoms with Gasteiger partial charge in [0, 0.05) is 17.8 Å². The van der Waals surface area contributed by atoms with Crippen LogP contribution < -0.4 is 10.1 Å². The van der Waals surface area contributed by atoms with Crippen LogP contribution in [-0.2, 0) is 4.79 Å². The third-order valence-electron chi connectivity index (χ3n) is 4.09. The van der Waals surface area contributed by atoms with Crippen LogP contribution in [0, 0.1) is 5.92 Å². The van der Waals surface area contributed by atoms with E-state index < -0.39 is 11.5 Å². The summed E-state index contributed by atoms with van der Waals surface area (Å²) in [6, 6.07) is 3.16. The summed E-state index contributed by atoms with van der Waals surface area (Å²) in [7, 11) is 0. The number of pyridine rings is 1. The second-order valence-corrected chi connectivity index (χ2v) is 6.32. The van der Waals surface area contributed by atoms with Gasteiger partial charge in [0.1, 0.15) is 0 Å². The van der Waals surface area contributed by atoms with E-state index in [0.717, 1.165) is 6.42 Å². The van der Waals surface area contributed by atoms with Gasteiger partial charge in [-0.3, -0.25) is 9.59 Å². The fraction of sp³-hybridized carbons (Fsp3) is 0.588. The normalized spacial score (nSPS) is 14.9. The van der Waals surface area contributed by atoms with Crippen molar-refractivity contribution in [3.05, 3.63) is 23.9 Å². The number of carbonyl (C=O) groups excluding carboxylic acids is 1. The second kappa shape index (κ2) is 7.94. The van der Waals surface area contributed by atoms with Gasteiger partial charge in [-0.15, -0.1) is 0 Å². The van der Waals surface area contributed by atoms with Gasteiger partial charge in [-0.2, -0.15) is 0 Å². The van der Waals surface area contributed by atoms with E-state index in [1.54, 1.807) is 19.1 Å². The van der Waals surface area contributed by atoms with Crippen LogP contribution in [0.3, 0.4) is 0 Å². The first-order valence-corrected chi connectivity index (χ1v) is 7.85. The number of rotatable bonds is 8. The molecule has 23 heavy (non-hydrogen) atoms. The van der Waals surface area contributed by atoms with Gasteiger partial charge in [0.25, 0.3) is 5.91 Å². The third-order valence-corrected chi connectivity index (χ3v) is 4.09. The zero-order valence-corrected chi connectivity index (χ0v) is 14.4. The maximum Gasteiger partial charge on any atom is 0.305 e. The molecule has 0 radical (unpaired) electrons. The van der Waals surface area contributed by atoms with Crippen molar-refractivity contribution in [2.75, 3.05) is 0 Å². The summed E-state index contributed by atoms with van der Waals surface area (Å²) in [5, 5.41) is 11.9. The molecule has 0 aromatic carbocycles. The Morgan fingerprint density at radius 2 is 2.04 bits per heavy atom. The van der Waals surface area contributed by atoms with E-state index in [9.17, 15) is 9.59 Å². The first-order valence-electron chi connectivity index (χ1n) is 7.85. The number of nitrogens with one attached hydrogen (secondary N) is 1. The van der Waals surface area contributed by atoms with Crippen molar-refractivity contribution in [2.45, 2.75) is 59.1 Å². The molecule has 0 aliphatic rings. The molecule has 6 heteroatoms. The van der Waals surface area contributed by atoms with E-state index in [-0.39, 0.29) is 24.3 Å². The van der Waals surface area contributed by atoms with Crippen molar-refractivity contribution in [3.8, 4) is 5.88 Å². The monoisotopic (exact) mass is 322 g/mol. The van der Waals surface area contributed by atoms with Gasteiger partial charge in [0.2, 0.25) is 5.88 Å². The van der Waals surface area contributed by atoms with Crippen LogP contribution in [0.4, 0.5) is 0 Å². The van der Waals surface area contributed by atoms with Gasteiger partial charge in [0.05, 0.1) is 18.1 Å². The van der Waals surface area contributed by atoms with Gasteiger partial charge in [-0.05, 0) is 32.3 Å². The molecule has 0 saturated carbocycles. The van der Waals surface area contributed by atoms with Crippen LogP contribution in [0.2, 0.25) is 0 Å². The number of amides is 1. The summed E-state index contributed by atoms with van der Waals surface area (Å²) in [5.74, 6) is -0.924. The zero-order valence-electron chi connectivity index (χ0n) is 14.4. The van der Waals surface area contributed by atoms with E-state index in [1.165, 1.54) is 6.20 Å². The summed E-state index contributed by atoms with van der Waals surface area (Å²) in [4.78, 5) is 27.6. The van der Waals surface area contributed by atoms with Crippen LogP contribution in [0.5, 0.6) is 5.88 Å². The molecule has 0 aliphatic heterocycles. The first-order chi connectivity index (χ1) is 10.7. The number of hydrogen-bond donors (Lipinski definition) is 2. The van der Waals surface area contributed by atoms with Gasteiger partial charge in [-0.1, -0.05) is 20.8 Å².